The van der Waals surface area contributed by atoms with E-state index in [1.165, 1.54) is 30.3 Å². The molecule has 1 aromatic carbocycles. The van der Waals surface area contributed by atoms with Crippen LogP contribution in [0.2, 0.25) is 5.15 Å². The number of nitrogens with zero attached hydrogens (tertiary/aromatic N) is 1. The van der Waals surface area contributed by atoms with Crippen molar-refractivity contribution < 1.29 is 22.4 Å². The third-order valence-electron chi connectivity index (χ3n) is 4.62. The van der Waals surface area contributed by atoms with Crippen molar-refractivity contribution in [3.05, 3.63) is 58.6 Å². The molecule has 0 atom stereocenters. The quantitative estimate of drug-likeness (QED) is 0.543. The van der Waals surface area contributed by atoms with Crippen LogP contribution in [0.5, 0.6) is 0 Å². The van der Waals surface area contributed by atoms with E-state index in [4.69, 9.17) is 11.6 Å². The summed E-state index contributed by atoms with van der Waals surface area (Å²) >= 11 is 5.70. The van der Waals surface area contributed by atoms with Gasteiger partial charge in [0.2, 0.25) is 0 Å². The van der Waals surface area contributed by atoms with Crippen molar-refractivity contribution in [1.82, 2.24) is 10.3 Å². The highest BCUT2D eigenvalue weighted by Crippen LogP contribution is 2.32. The summed E-state index contributed by atoms with van der Waals surface area (Å²) in [5.74, 6) is -0.680. The molecule has 1 saturated carbocycles. The van der Waals surface area contributed by atoms with Gasteiger partial charge in [-0.3, -0.25) is 4.79 Å². The van der Waals surface area contributed by atoms with Gasteiger partial charge < -0.3 is 10.6 Å². The summed E-state index contributed by atoms with van der Waals surface area (Å²) < 4.78 is 51.5. The van der Waals surface area contributed by atoms with Gasteiger partial charge >= 0.3 is 6.18 Å². The number of rotatable bonds is 4. The van der Waals surface area contributed by atoms with Gasteiger partial charge in [0.05, 0.1) is 0 Å². The molecule has 0 radical (unpaired) electrons. The fourth-order valence-corrected chi connectivity index (χ4v) is 3.42. The van der Waals surface area contributed by atoms with Gasteiger partial charge in [0.25, 0.3) is 5.91 Å². The van der Waals surface area contributed by atoms with Gasteiger partial charge in [-0.15, -0.1) is 0 Å². The minimum atomic E-state index is -4.57. The van der Waals surface area contributed by atoms with Crippen LogP contribution in [-0.2, 0) is 6.18 Å². The molecule has 1 heterocycles. The molecule has 4 nitrogen and oxygen atoms in total. The van der Waals surface area contributed by atoms with Crippen LogP contribution < -0.4 is 10.6 Å². The third-order valence-corrected chi connectivity index (χ3v) is 4.82. The number of amides is 1. The van der Waals surface area contributed by atoms with E-state index >= 15 is 0 Å². The van der Waals surface area contributed by atoms with Crippen LogP contribution in [0, 0.1) is 5.82 Å². The number of halogens is 5. The molecule has 150 valence electrons. The van der Waals surface area contributed by atoms with Gasteiger partial charge in [-0.2, -0.15) is 13.2 Å². The third kappa shape index (κ3) is 5.34. The molecule has 2 aromatic rings. The highest BCUT2D eigenvalue weighted by molar-refractivity contribution is 6.29. The van der Waals surface area contributed by atoms with Crippen molar-refractivity contribution >= 4 is 23.2 Å². The van der Waals surface area contributed by atoms with Crippen molar-refractivity contribution in [3.8, 4) is 0 Å². The average Bonchev–Trinajstić information content (AvgIpc) is 2.62. The Morgan fingerprint density at radius 2 is 1.64 bits per heavy atom. The van der Waals surface area contributed by atoms with Crippen molar-refractivity contribution in [3.63, 3.8) is 0 Å². The molecule has 1 fully saturated rings. The van der Waals surface area contributed by atoms with Crippen LogP contribution in [0.15, 0.2) is 36.4 Å². The number of nitrogens with one attached hydrogen (secondary N) is 2. The maximum atomic E-state index is 12.9. The molecule has 3 rings (SSSR count). The Morgan fingerprint density at radius 1 is 1.04 bits per heavy atom. The number of anilines is 1. The number of alkyl halides is 3. The van der Waals surface area contributed by atoms with Gasteiger partial charge in [0.15, 0.2) is 0 Å². The monoisotopic (exact) mass is 415 g/mol. The summed E-state index contributed by atoms with van der Waals surface area (Å²) in [6.45, 7) is 0. The molecular weight excluding hydrogens is 398 g/mol. The predicted octanol–water partition coefficient (Wildman–Crippen LogP) is 5.05. The van der Waals surface area contributed by atoms with Crippen LogP contribution in [0.25, 0.3) is 0 Å². The van der Waals surface area contributed by atoms with Gasteiger partial charge in [-0.1, -0.05) is 11.6 Å². The molecule has 2 N–H and O–H groups in total. The van der Waals surface area contributed by atoms with Gasteiger partial charge in [-0.05, 0) is 62.1 Å². The van der Waals surface area contributed by atoms with Crippen LogP contribution in [-0.4, -0.2) is 23.0 Å². The Bertz CT molecular complexity index is 834. The van der Waals surface area contributed by atoms with E-state index in [9.17, 15) is 22.4 Å². The molecule has 0 unspecified atom stereocenters. The van der Waals surface area contributed by atoms with E-state index in [1.54, 1.807) is 0 Å². The van der Waals surface area contributed by atoms with Gasteiger partial charge in [0, 0.05) is 23.3 Å². The zero-order valence-corrected chi connectivity index (χ0v) is 15.4. The number of carbonyl (C=O) groups excluding carboxylic acids is 1. The first-order chi connectivity index (χ1) is 13.2. The van der Waals surface area contributed by atoms with E-state index in [1.807, 2.05) is 0 Å². The van der Waals surface area contributed by atoms with Crippen LogP contribution in [0.4, 0.5) is 23.2 Å². The molecule has 1 aliphatic carbocycles. The predicted molar refractivity (Wildman–Crippen MR) is 97.8 cm³/mol. The second-order valence-electron chi connectivity index (χ2n) is 6.73. The van der Waals surface area contributed by atoms with Crippen molar-refractivity contribution in [2.24, 2.45) is 0 Å². The highest BCUT2D eigenvalue weighted by Gasteiger charge is 2.33. The fourth-order valence-electron chi connectivity index (χ4n) is 3.21. The van der Waals surface area contributed by atoms with Crippen molar-refractivity contribution in [1.29, 1.82) is 0 Å². The second kappa shape index (κ2) is 8.34. The first-order valence-electron chi connectivity index (χ1n) is 8.78. The molecule has 1 aliphatic rings. The lowest BCUT2D eigenvalue weighted by molar-refractivity contribution is -0.141. The highest BCUT2D eigenvalue weighted by atomic mass is 35.5. The summed E-state index contributed by atoms with van der Waals surface area (Å²) in [5.41, 5.74) is -0.387. The molecule has 9 heteroatoms. The Labute approximate surface area is 164 Å². The molecule has 28 heavy (non-hydrogen) atoms. The Kier molecular flexibility index (Phi) is 6.07. The lowest BCUT2D eigenvalue weighted by Gasteiger charge is -2.30. The smallest absolute Gasteiger partial charge is 0.382 e. The number of hydrogen-bond donors (Lipinski definition) is 2. The van der Waals surface area contributed by atoms with Gasteiger partial charge in [0.1, 0.15) is 16.7 Å². The normalized spacial score (nSPS) is 19.9. The van der Waals surface area contributed by atoms with Crippen LogP contribution in [0.3, 0.4) is 0 Å². The molecule has 0 saturated heterocycles. The molecule has 0 spiro atoms. The fraction of sp³-hybridized carbons (Fsp3) is 0.368. The van der Waals surface area contributed by atoms with Crippen LogP contribution in [0.1, 0.15) is 41.7 Å². The van der Waals surface area contributed by atoms with Crippen molar-refractivity contribution in [2.45, 2.75) is 43.9 Å². The second-order valence-corrected chi connectivity index (χ2v) is 7.12. The van der Waals surface area contributed by atoms with Crippen LogP contribution >= 0.6 is 11.6 Å². The van der Waals surface area contributed by atoms with E-state index in [-0.39, 0.29) is 28.8 Å². The summed E-state index contributed by atoms with van der Waals surface area (Å²) in [4.78, 5) is 15.5. The average molecular weight is 416 g/mol. The first-order valence-corrected chi connectivity index (χ1v) is 9.16. The standard InChI is InChI=1S/C19H18ClF4N3O/c20-17-10-15(9-16(27-17)19(22,23)24)25-13-5-7-14(8-6-13)26-18(28)11-1-3-12(21)4-2-11/h1-4,9-10,13-14H,5-8H2,(H,25,27)(H,26,28). The lowest BCUT2D eigenvalue weighted by atomic mass is 9.90. The minimum absolute atomic E-state index is 0.0291. The number of benzene rings is 1. The summed E-state index contributed by atoms with van der Waals surface area (Å²) in [7, 11) is 0. The Balaban J connectivity index is 1.54. The maximum absolute atomic E-state index is 12.9. The minimum Gasteiger partial charge on any atom is -0.382 e. The summed E-state index contributed by atoms with van der Waals surface area (Å²) in [5, 5.41) is 5.75. The first kappa shape index (κ1) is 20.4. The van der Waals surface area contributed by atoms with E-state index in [0.717, 1.165) is 6.07 Å². The number of hydrogen-bond acceptors (Lipinski definition) is 3. The van der Waals surface area contributed by atoms with Crippen molar-refractivity contribution in [2.75, 3.05) is 5.32 Å². The lowest BCUT2D eigenvalue weighted by Crippen LogP contribution is -2.40. The summed E-state index contributed by atoms with van der Waals surface area (Å²) in [6.07, 6.45) is -1.86. The number of pyridine rings is 1. The Hall–Kier alpha value is -2.35. The molecule has 1 amide bonds. The Morgan fingerprint density at radius 3 is 2.25 bits per heavy atom. The topological polar surface area (TPSA) is 54.0 Å². The largest absolute Gasteiger partial charge is 0.433 e. The van der Waals surface area contributed by atoms with E-state index in [0.29, 0.717) is 31.2 Å². The molecule has 1 aromatic heterocycles. The van der Waals surface area contributed by atoms with E-state index < -0.39 is 17.7 Å². The SMILES string of the molecule is O=C(NC1CCC(Nc2cc(Cl)nc(C(F)(F)F)c2)CC1)c1ccc(F)cc1. The zero-order valence-electron chi connectivity index (χ0n) is 14.7. The zero-order chi connectivity index (χ0) is 20.3. The van der Waals surface area contributed by atoms with E-state index in [2.05, 4.69) is 15.6 Å². The molecule has 0 bridgehead atoms. The number of aromatic nitrogens is 1. The molecular formula is C19H18ClF4N3O. The maximum Gasteiger partial charge on any atom is 0.433 e. The summed E-state index contributed by atoms with van der Waals surface area (Å²) in [6, 6.07) is 7.52. The number of carbonyl (C=O) groups is 1. The molecule has 0 aliphatic heterocycles. The van der Waals surface area contributed by atoms with Gasteiger partial charge in [-0.25, -0.2) is 9.37 Å².